The van der Waals surface area contributed by atoms with Crippen LogP contribution in [0.1, 0.15) is 11.1 Å². The zero-order valence-electron chi connectivity index (χ0n) is 9.61. The van der Waals surface area contributed by atoms with Crippen molar-refractivity contribution in [1.82, 2.24) is 0 Å². The van der Waals surface area contributed by atoms with Crippen LogP contribution in [0.2, 0.25) is 5.02 Å². The molecule has 0 radical (unpaired) electrons. The average Bonchev–Trinajstić information content (AvgIpc) is 2.32. The van der Waals surface area contributed by atoms with Crippen LogP contribution in [-0.4, -0.2) is 0 Å². The summed E-state index contributed by atoms with van der Waals surface area (Å²) in [5, 5.41) is 0.623. The summed E-state index contributed by atoms with van der Waals surface area (Å²) in [5.41, 5.74) is 8.73. The Hall–Kier alpha value is -1.67. The van der Waals surface area contributed by atoms with Gasteiger partial charge < -0.3 is 10.5 Å². The van der Waals surface area contributed by atoms with Crippen LogP contribution in [-0.2, 0) is 6.61 Å². The van der Waals surface area contributed by atoms with Crippen LogP contribution in [0.15, 0.2) is 42.5 Å². The number of anilines is 1. The number of rotatable bonds is 3. The van der Waals surface area contributed by atoms with Crippen LogP contribution < -0.4 is 10.5 Å². The van der Waals surface area contributed by atoms with Crippen molar-refractivity contribution in [3.63, 3.8) is 0 Å². The smallest absolute Gasteiger partial charge is 0.144 e. The normalized spacial score (nSPS) is 10.2. The standard InChI is InChI=1S/C14H14ClNO/c1-10-2-4-11(5-3-10)9-17-14-8-12(15)6-7-13(14)16/h2-8H,9,16H2,1H3. The van der Waals surface area contributed by atoms with Crippen molar-refractivity contribution in [3.05, 3.63) is 58.6 Å². The quantitative estimate of drug-likeness (QED) is 0.837. The third-order valence-electron chi connectivity index (χ3n) is 2.49. The first-order valence-corrected chi connectivity index (χ1v) is 5.76. The summed E-state index contributed by atoms with van der Waals surface area (Å²) < 4.78 is 5.63. The maximum atomic E-state index is 5.88. The van der Waals surface area contributed by atoms with E-state index in [0.717, 1.165) is 5.56 Å². The minimum atomic E-state index is 0.491. The van der Waals surface area contributed by atoms with E-state index in [2.05, 4.69) is 19.1 Å². The number of nitrogens with two attached hydrogens (primary N) is 1. The Bertz CT molecular complexity index is 508. The Morgan fingerprint density at radius 2 is 1.82 bits per heavy atom. The SMILES string of the molecule is Cc1ccc(COc2cc(Cl)ccc2N)cc1. The molecule has 2 N–H and O–H groups in total. The van der Waals surface area contributed by atoms with Gasteiger partial charge in [-0.3, -0.25) is 0 Å². The van der Waals surface area contributed by atoms with Crippen molar-refractivity contribution in [3.8, 4) is 5.75 Å². The highest BCUT2D eigenvalue weighted by molar-refractivity contribution is 6.30. The molecule has 0 amide bonds. The third-order valence-corrected chi connectivity index (χ3v) is 2.73. The molecule has 0 saturated heterocycles. The first-order chi connectivity index (χ1) is 8.15. The molecule has 0 unspecified atom stereocenters. The molecule has 0 atom stereocenters. The van der Waals surface area contributed by atoms with Crippen LogP contribution in [0.4, 0.5) is 5.69 Å². The van der Waals surface area contributed by atoms with E-state index >= 15 is 0 Å². The van der Waals surface area contributed by atoms with Gasteiger partial charge in [-0.05, 0) is 24.6 Å². The van der Waals surface area contributed by atoms with E-state index in [-0.39, 0.29) is 0 Å². The molecule has 17 heavy (non-hydrogen) atoms. The molecule has 2 rings (SSSR count). The number of hydrogen-bond acceptors (Lipinski definition) is 2. The van der Waals surface area contributed by atoms with Crippen LogP contribution in [0.5, 0.6) is 5.75 Å². The molecule has 0 saturated carbocycles. The number of halogens is 1. The van der Waals surface area contributed by atoms with Gasteiger partial charge in [0, 0.05) is 11.1 Å². The molecule has 0 aliphatic heterocycles. The Kier molecular flexibility index (Phi) is 3.55. The lowest BCUT2D eigenvalue weighted by atomic mass is 10.2. The van der Waals surface area contributed by atoms with Gasteiger partial charge >= 0.3 is 0 Å². The second-order valence-corrected chi connectivity index (χ2v) is 4.39. The first kappa shape index (κ1) is 11.8. The number of ether oxygens (including phenoxy) is 1. The molecule has 0 aliphatic rings. The molecular weight excluding hydrogens is 234 g/mol. The summed E-state index contributed by atoms with van der Waals surface area (Å²) >= 11 is 5.88. The van der Waals surface area contributed by atoms with Crippen LogP contribution in [0.25, 0.3) is 0 Å². The monoisotopic (exact) mass is 247 g/mol. The van der Waals surface area contributed by atoms with Gasteiger partial charge in [-0.25, -0.2) is 0 Å². The van der Waals surface area contributed by atoms with Gasteiger partial charge in [-0.2, -0.15) is 0 Å². The Morgan fingerprint density at radius 1 is 1.12 bits per heavy atom. The molecule has 0 aromatic heterocycles. The highest BCUT2D eigenvalue weighted by Gasteiger charge is 2.01. The fraction of sp³-hybridized carbons (Fsp3) is 0.143. The van der Waals surface area contributed by atoms with Gasteiger partial charge in [0.05, 0.1) is 5.69 Å². The summed E-state index contributed by atoms with van der Waals surface area (Å²) in [5.74, 6) is 0.623. The minimum Gasteiger partial charge on any atom is -0.487 e. The minimum absolute atomic E-state index is 0.491. The van der Waals surface area contributed by atoms with Gasteiger partial charge in [0.1, 0.15) is 12.4 Å². The molecular formula is C14H14ClNO. The van der Waals surface area contributed by atoms with E-state index in [1.807, 2.05) is 12.1 Å². The number of hydrogen-bond donors (Lipinski definition) is 1. The van der Waals surface area contributed by atoms with E-state index in [4.69, 9.17) is 22.1 Å². The summed E-state index contributed by atoms with van der Waals surface area (Å²) in [6.45, 7) is 2.55. The molecule has 3 heteroatoms. The van der Waals surface area contributed by atoms with Gasteiger partial charge in [0.15, 0.2) is 0 Å². The van der Waals surface area contributed by atoms with Crippen molar-refractivity contribution in [2.45, 2.75) is 13.5 Å². The molecule has 0 fully saturated rings. The predicted molar refractivity (Wildman–Crippen MR) is 71.4 cm³/mol. The van der Waals surface area contributed by atoms with Gasteiger partial charge in [0.25, 0.3) is 0 Å². The van der Waals surface area contributed by atoms with E-state index < -0.39 is 0 Å². The summed E-state index contributed by atoms with van der Waals surface area (Å²) in [7, 11) is 0. The van der Waals surface area contributed by atoms with Crippen molar-refractivity contribution in [2.24, 2.45) is 0 Å². The van der Waals surface area contributed by atoms with Crippen molar-refractivity contribution in [1.29, 1.82) is 0 Å². The molecule has 2 aromatic rings. The third kappa shape index (κ3) is 3.14. The van der Waals surface area contributed by atoms with Gasteiger partial charge in [-0.15, -0.1) is 0 Å². The Balaban J connectivity index is 2.07. The highest BCUT2D eigenvalue weighted by atomic mass is 35.5. The number of aryl methyl sites for hydroxylation is 1. The fourth-order valence-corrected chi connectivity index (χ4v) is 1.64. The lowest BCUT2D eigenvalue weighted by Crippen LogP contribution is -1.98. The summed E-state index contributed by atoms with van der Waals surface area (Å²) in [4.78, 5) is 0. The molecule has 2 nitrogen and oxygen atoms in total. The van der Waals surface area contributed by atoms with Crippen molar-refractivity contribution >= 4 is 17.3 Å². The molecule has 2 aromatic carbocycles. The predicted octanol–water partition coefficient (Wildman–Crippen LogP) is 3.81. The number of benzene rings is 2. The maximum Gasteiger partial charge on any atom is 0.144 e. The van der Waals surface area contributed by atoms with Crippen LogP contribution in [0.3, 0.4) is 0 Å². The fourth-order valence-electron chi connectivity index (χ4n) is 1.48. The highest BCUT2D eigenvalue weighted by Crippen LogP contribution is 2.26. The zero-order valence-corrected chi connectivity index (χ0v) is 10.4. The Labute approximate surface area is 106 Å². The van der Waals surface area contributed by atoms with E-state index in [1.165, 1.54) is 5.56 Å². The maximum absolute atomic E-state index is 5.88. The van der Waals surface area contributed by atoms with Gasteiger partial charge in [-0.1, -0.05) is 41.4 Å². The molecule has 0 spiro atoms. The van der Waals surface area contributed by atoms with Crippen LogP contribution in [0, 0.1) is 6.92 Å². The molecule has 0 heterocycles. The van der Waals surface area contributed by atoms with Crippen LogP contribution >= 0.6 is 11.6 Å². The molecule has 88 valence electrons. The molecule has 0 aliphatic carbocycles. The topological polar surface area (TPSA) is 35.2 Å². The Morgan fingerprint density at radius 3 is 2.53 bits per heavy atom. The zero-order chi connectivity index (χ0) is 12.3. The second kappa shape index (κ2) is 5.11. The van der Waals surface area contributed by atoms with Crippen molar-refractivity contribution < 1.29 is 4.74 Å². The van der Waals surface area contributed by atoms with Gasteiger partial charge in [0.2, 0.25) is 0 Å². The van der Waals surface area contributed by atoms with E-state index in [9.17, 15) is 0 Å². The van der Waals surface area contributed by atoms with E-state index in [0.29, 0.717) is 23.1 Å². The summed E-state index contributed by atoms with van der Waals surface area (Å²) in [6, 6.07) is 13.4. The largest absolute Gasteiger partial charge is 0.487 e. The average molecular weight is 248 g/mol. The first-order valence-electron chi connectivity index (χ1n) is 5.38. The van der Waals surface area contributed by atoms with Crippen molar-refractivity contribution in [2.75, 3.05) is 5.73 Å². The summed E-state index contributed by atoms with van der Waals surface area (Å²) in [6.07, 6.45) is 0. The van der Waals surface area contributed by atoms with E-state index in [1.54, 1.807) is 18.2 Å². The number of nitrogen functional groups attached to an aromatic ring is 1. The molecule has 0 bridgehead atoms. The second-order valence-electron chi connectivity index (χ2n) is 3.96. The lowest BCUT2D eigenvalue weighted by Gasteiger charge is -2.09. The lowest BCUT2D eigenvalue weighted by molar-refractivity contribution is 0.308.